The van der Waals surface area contributed by atoms with Crippen LogP contribution in [-0.4, -0.2) is 91.8 Å². The van der Waals surface area contributed by atoms with E-state index in [1.165, 1.54) is 33.3 Å². The summed E-state index contributed by atoms with van der Waals surface area (Å²) in [6, 6.07) is -1.15. The first-order chi connectivity index (χ1) is 17.3. The minimum Gasteiger partial charge on any atom is -0.478 e. The zero-order valence-corrected chi connectivity index (χ0v) is 21.6. The van der Waals surface area contributed by atoms with Gasteiger partial charge in [0.25, 0.3) is 11.8 Å². The molecule has 2 amide bonds. The molecule has 2 atom stereocenters. The molecule has 1 aromatic heterocycles. The average molecular weight is 558 g/mol. The minimum atomic E-state index is -1.81. The quantitative estimate of drug-likeness (QED) is 0.118. The smallest absolute Gasteiger partial charge is 0.352 e. The number of thiazole rings is 1. The van der Waals surface area contributed by atoms with Gasteiger partial charge in [0.2, 0.25) is 10.4 Å². The number of nitrogens with one attached hydrogen (secondary N) is 2. The number of thioether (sulfide) groups is 1. The van der Waals surface area contributed by atoms with Gasteiger partial charge in [0.1, 0.15) is 36.5 Å². The maximum atomic E-state index is 13.2. The van der Waals surface area contributed by atoms with E-state index >= 15 is 0 Å². The SMILES string of the molecule is COn1c(C(=NOC(C)(C)C(=O)O)C(=O)N[C@@H]2C(=O)N3C(C(=O)O)=C(COC(C)=O)CS[C@@H]23)csc1=N. The van der Waals surface area contributed by atoms with Crippen molar-refractivity contribution in [3.05, 3.63) is 27.1 Å². The summed E-state index contributed by atoms with van der Waals surface area (Å²) in [5.74, 6) is -4.90. The van der Waals surface area contributed by atoms with Crippen LogP contribution in [0.1, 0.15) is 26.5 Å². The lowest BCUT2D eigenvalue weighted by Crippen LogP contribution is -2.71. The topological polar surface area (TPSA) is 210 Å². The molecular weight excluding hydrogens is 534 g/mol. The van der Waals surface area contributed by atoms with Gasteiger partial charge in [-0.15, -0.1) is 23.1 Å². The second-order valence-corrected chi connectivity index (χ2v) is 10.1. The number of ether oxygens (including phenoxy) is 1. The number of oxime groups is 1. The van der Waals surface area contributed by atoms with Gasteiger partial charge < -0.3 is 29.9 Å². The number of rotatable bonds is 10. The number of fused-ring (bicyclic) bond motifs is 1. The number of hydrogen-bond donors (Lipinski definition) is 4. The van der Waals surface area contributed by atoms with E-state index in [-0.39, 0.29) is 34.1 Å². The van der Waals surface area contributed by atoms with Crippen molar-refractivity contribution in [3.8, 4) is 0 Å². The summed E-state index contributed by atoms with van der Waals surface area (Å²) >= 11 is 2.05. The monoisotopic (exact) mass is 557 g/mol. The van der Waals surface area contributed by atoms with Gasteiger partial charge in [-0.2, -0.15) is 4.73 Å². The third-order valence-electron chi connectivity index (χ3n) is 5.19. The third-order valence-corrected chi connectivity index (χ3v) is 7.26. The zero-order valence-electron chi connectivity index (χ0n) is 20.0. The highest BCUT2D eigenvalue weighted by Gasteiger charge is 2.54. The highest BCUT2D eigenvalue weighted by Crippen LogP contribution is 2.40. The number of aliphatic carboxylic acids is 2. The van der Waals surface area contributed by atoms with Gasteiger partial charge >= 0.3 is 17.9 Å². The normalized spacial score (nSPS) is 19.5. The van der Waals surface area contributed by atoms with Crippen LogP contribution in [0.4, 0.5) is 0 Å². The summed E-state index contributed by atoms with van der Waals surface area (Å²) in [5.41, 5.74) is -2.41. The lowest BCUT2D eigenvalue weighted by molar-refractivity contribution is -0.161. The Morgan fingerprint density at radius 1 is 1.30 bits per heavy atom. The molecule has 0 unspecified atom stereocenters. The van der Waals surface area contributed by atoms with Gasteiger partial charge in [0, 0.05) is 23.6 Å². The molecule has 17 heteroatoms. The fourth-order valence-electron chi connectivity index (χ4n) is 3.25. The maximum absolute atomic E-state index is 13.2. The van der Waals surface area contributed by atoms with Crippen molar-refractivity contribution in [2.45, 2.75) is 37.8 Å². The van der Waals surface area contributed by atoms with Gasteiger partial charge in [-0.3, -0.25) is 24.7 Å². The molecule has 0 aromatic carbocycles. The number of carbonyl (C=O) groups is 5. The summed E-state index contributed by atoms with van der Waals surface area (Å²) in [5, 5.41) is 33.6. The number of carboxylic acids is 2. The van der Waals surface area contributed by atoms with E-state index in [1.807, 2.05) is 0 Å². The number of amides is 2. The number of β-lactam (4-membered cyclic amide) rings is 1. The van der Waals surface area contributed by atoms with Crippen LogP contribution < -0.4 is 15.0 Å². The molecule has 37 heavy (non-hydrogen) atoms. The molecule has 15 nitrogen and oxygen atoms in total. The summed E-state index contributed by atoms with van der Waals surface area (Å²) < 4.78 is 5.85. The Morgan fingerprint density at radius 3 is 2.54 bits per heavy atom. The summed E-state index contributed by atoms with van der Waals surface area (Å²) in [7, 11) is 1.24. The van der Waals surface area contributed by atoms with Crippen molar-refractivity contribution in [3.63, 3.8) is 0 Å². The van der Waals surface area contributed by atoms with E-state index in [2.05, 4.69) is 10.5 Å². The molecule has 4 N–H and O–H groups in total. The Bertz CT molecular complexity index is 1280. The molecule has 3 rings (SSSR count). The summed E-state index contributed by atoms with van der Waals surface area (Å²) in [4.78, 5) is 71.6. The fourth-order valence-corrected chi connectivity index (χ4v) is 5.27. The second-order valence-electron chi connectivity index (χ2n) is 8.15. The number of nitrogens with zero attached hydrogens (tertiary/aromatic N) is 3. The molecule has 200 valence electrons. The lowest BCUT2D eigenvalue weighted by atomic mass is 10.0. The molecule has 0 spiro atoms. The first kappa shape index (κ1) is 27.7. The Morgan fingerprint density at radius 2 is 1.97 bits per heavy atom. The van der Waals surface area contributed by atoms with Crippen molar-refractivity contribution >= 4 is 58.5 Å². The van der Waals surface area contributed by atoms with Crippen LogP contribution in [0.2, 0.25) is 0 Å². The maximum Gasteiger partial charge on any atom is 0.352 e. The van der Waals surface area contributed by atoms with Crippen molar-refractivity contribution < 1.29 is 48.6 Å². The second kappa shape index (κ2) is 10.6. The van der Waals surface area contributed by atoms with E-state index in [0.29, 0.717) is 0 Å². The first-order valence-corrected chi connectivity index (χ1v) is 12.4. The molecule has 0 bridgehead atoms. The van der Waals surface area contributed by atoms with Crippen molar-refractivity contribution in [1.82, 2.24) is 14.9 Å². The highest BCUT2D eigenvalue weighted by molar-refractivity contribution is 8.00. The molecule has 0 aliphatic carbocycles. The van der Waals surface area contributed by atoms with Gasteiger partial charge in [-0.25, -0.2) is 9.59 Å². The number of hydrogen-bond acceptors (Lipinski definition) is 12. The predicted octanol–water partition coefficient (Wildman–Crippen LogP) is -1.03. The van der Waals surface area contributed by atoms with E-state index in [4.69, 9.17) is 19.8 Å². The van der Waals surface area contributed by atoms with Gasteiger partial charge in [-0.05, 0) is 13.8 Å². The van der Waals surface area contributed by atoms with E-state index in [0.717, 1.165) is 32.7 Å². The number of aromatic nitrogens is 1. The molecule has 1 aromatic rings. The molecule has 0 radical (unpaired) electrons. The molecule has 0 saturated carbocycles. The standard InChI is InChI=1S/C20H23N5O10S2/c1-8(26)34-5-9-6-36-16-12(15(28)24(16)13(9)17(29)30)22-14(27)11(23-35-20(2,3)18(31)32)10-7-37-19(21)25(10)33-4/h7,12,16,21H,5-6H2,1-4H3,(H,22,27)(H,29,30)(H,31,32)/t12-,16+/m1/s1. The molecule has 2 aliphatic heterocycles. The summed E-state index contributed by atoms with van der Waals surface area (Å²) in [6.07, 6.45) is 0. The van der Waals surface area contributed by atoms with Gasteiger partial charge in [0.15, 0.2) is 5.71 Å². The Balaban J connectivity index is 1.89. The van der Waals surface area contributed by atoms with E-state index in [1.54, 1.807) is 0 Å². The van der Waals surface area contributed by atoms with Crippen LogP contribution in [0.25, 0.3) is 0 Å². The Labute approximate surface area is 217 Å². The van der Waals surface area contributed by atoms with E-state index in [9.17, 15) is 34.2 Å². The number of carbonyl (C=O) groups excluding carboxylic acids is 3. The van der Waals surface area contributed by atoms with E-state index < -0.39 is 52.5 Å². The largest absolute Gasteiger partial charge is 0.478 e. The van der Waals surface area contributed by atoms with Crippen molar-refractivity contribution in [1.29, 1.82) is 5.41 Å². The number of esters is 1. The Kier molecular flexibility index (Phi) is 7.97. The van der Waals surface area contributed by atoms with Crippen LogP contribution in [0.15, 0.2) is 21.8 Å². The van der Waals surface area contributed by atoms with Crippen LogP contribution in [0, 0.1) is 5.41 Å². The first-order valence-electron chi connectivity index (χ1n) is 10.4. The summed E-state index contributed by atoms with van der Waals surface area (Å²) in [6.45, 7) is 3.30. The van der Waals surface area contributed by atoms with Crippen LogP contribution in [0.3, 0.4) is 0 Å². The van der Waals surface area contributed by atoms with Gasteiger partial charge in [0.05, 0.1) is 0 Å². The van der Waals surface area contributed by atoms with Crippen molar-refractivity contribution in [2.75, 3.05) is 19.5 Å². The third kappa shape index (κ3) is 5.46. The predicted molar refractivity (Wildman–Crippen MR) is 126 cm³/mol. The molecule has 1 saturated heterocycles. The zero-order chi connectivity index (χ0) is 27.7. The Hall–Kier alpha value is -3.86. The van der Waals surface area contributed by atoms with Crippen LogP contribution in [0.5, 0.6) is 0 Å². The van der Waals surface area contributed by atoms with Gasteiger partial charge in [-0.1, -0.05) is 5.16 Å². The lowest BCUT2D eigenvalue weighted by Gasteiger charge is -2.49. The molecule has 3 heterocycles. The van der Waals surface area contributed by atoms with Crippen molar-refractivity contribution in [2.24, 2.45) is 5.16 Å². The van der Waals surface area contributed by atoms with Crippen LogP contribution in [-0.2, 0) is 33.5 Å². The molecular formula is C20H23N5O10S2. The molecule has 2 aliphatic rings. The average Bonchev–Trinajstić information content (AvgIpc) is 3.20. The molecule has 1 fully saturated rings. The highest BCUT2D eigenvalue weighted by atomic mass is 32.2. The van der Waals surface area contributed by atoms with Crippen LogP contribution >= 0.6 is 23.1 Å². The number of carboxylic acid groups (broad SMARTS) is 2. The fraction of sp³-hybridized carbons (Fsp3) is 0.450. The minimum absolute atomic E-state index is 0.0362.